The highest BCUT2D eigenvalue weighted by Crippen LogP contribution is 2.30. The summed E-state index contributed by atoms with van der Waals surface area (Å²) in [6.45, 7) is 3.22. The van der Waals surface area contributed by atoms with E-state index in [1.807, 2.05) is 38.1 Å². The van der Waals surface area contributed by atoms with Crippen molar-refractivity contribution in [2.75, 3.05) is 6.54 Å². The van der Waals surface area contributed by atoms with Crippen LogP contribution in [0.1, 0.15) is 60.5 Å². The van der Waals surface area contributed by atoms with Gasteiger partial charge in [0.15, 0.2) is 0 Å². The van der Waals surface area contributed by atoms with Crippen molar-refractivity contribution in [2.45, 2.75) is 69.5 Å². The van der Waals surface area contributed by atoms with E-state index in [-0.39, 0.29) is 29.0 Å². The molecule has 1 fully saturated rings. The molecule has 0 saturated heterocycles. The molecule has 0 aromatic heterocycles. The minimum Gasteiger partial charge on any atom is -0.352 e. The average molecular weight is 498 g/mol. The maximum Gasteiger partial charge on any atom is 0.269 e. The van der Waals surface area contributed by atoms with Gasteiger partial charge in [-0.15, -0.1) is 0 Å². The lowest BCUT2D eigenvalue weighted by Gasteiger charge is -2.32. The second-order valence-electron chi connectivity index (χ2n) is 9.18. The Morgan fingerprint density at radius 1 is 1.09 bits per heavy atom. The first-order valence-electron chi connectivity index (χ1n) is 12.0. The van der Waals surface area contributed by atoms with Gasteiger partial charge in [-0.25, -0.2) is 12.7 Å². The van der Waals surface area contributed by atoms with Crippen molar-refractivity contribution < 1.29 is 22.8 Å². The summed E-state index contributed by atoms with van der Waals surface area (Å²) < 4.78 is 26.7. The van der Waals surface area contributed by atoms with Gasteiger partial charge in [0.1, 0.15) is 17.5 Å². The summed E-state index contributed by atoms with van der Waals surface area (Å²) in [6, 6.07) is 12.8. The SMILES string of the molecule is CC[C@H](C(=O)NC1CCCC1)N(Cc1ccccc1C)C(=O)CN1C(=O)c2ccccc2S1(=O)=O. The number of carbonyl (C=O) groups excluding carboxylic acids is 3. The second kappa shape index (κ2) is 10.2. The number of benzene rings is 2. The van der Waals surface area contributed by atoms with Crippen LogP contribution in [0.4, 0.5) is 0 Å². The van der Waals surface area contributed by atoms with E-state index in [2.05, 4.69) is 5.32 Å². The number of hydrogen-bond acceptors (Lipinski definition) is 5. The van der Waals surface area contributed by atoms with Gasteiger partial charge >= 0.3 is 0 Å². The molecule has 0 radical (unpaired) electrons. The van der Waals surface area contributed by atoms with E-state index < -0.39 is 34.4 Å². The van der Waals surface area contributed by atoms with Gasteiger partial charge in [0.05, 0.1) is 5.56 Å². The van der Waals surface area contributed by atoms with Crippen LogP contribution < -0.4 is 5.32 Å². The number of carbonyl (C=O) groups is 3. The van der Waals surface area contributed by atoms with Crippen molar-refractivity contribution in [3.8, 4) is 0 Å². The van der Waals surface area contributed by atoms with Gasteiger partial charge in [-0.3, -0.25) is 14.4 Å². The third-order valence-corrected chi connectivity index (χ3v) is 8.67. The number of fused-ring (bicyclic) bond motifs is 1. The molecule has 0 spiro atoms. The average Bonchev–Trinajstić information content (AvgIpc) is 3.41. The first-order chi connectivity index (χ1) is 16.7. The lowest BCUT2D eigenvalue weighted by Crippen LogP contribution is -2.53. The fourth-order valence-corrected chi connectivity index (χ4v) is 6.38. The summed E-state index contributed by atoms with van der Waals surface area (Å²) >= 11 is 0. The van der Waals surface area contributed by atoms with Crippen LogP contribution in [-0.2, 0) is 26.2 Å². The van der Waals surface area contributed by atoms with Crippen LogP contribution in [0.2, 0.25) is 0 Å². The zero-order chi connectivity index (χ0) is 25.2. The molecule has 1 atom stereocenters. The van der Waals surface area contributed by atoms with Crippen molar-refractivity contribution in [3.63, 3.8) is 0 Å². The number of sulfonamides is 1. The lowest BCUT2D eigenvalue weighted by molar-refractivity contribution is -0.141. The second-order valence-corrected chi connectivity index (χ2v) is 11.0. The van der Waals surface area contributed by atoms with E-state index in [0.717, 1.165) is 36.8 Å². The monoisotopic (exact) mass is 497 g/mol. The van der Waals surface area contributed by atoms with Gasteiger partial charge in [0.25, 0.3) is 15.9 Å². The number of hydrogen-bond donors (Lipinski definition) is 1. The van der Waals surface area contributed by atoms with Crippen molar-refractivity contribution in [1.82, 2.24) is 14.5 Å². The molecule has 0 bridgehead atoms. The van der Waals surface area contributed by atoms with E-state index in [1.54, 1.807) is 12.1 Å². The van der Waals surface area contributed by atoms with E-state index in [9.17, 15) is 22.8 Å². The molecule has 1 saturated carbocycles. The van der Waals surface area contributed by atoms with Gasteiger partial charge in [-0.2, -0.15) is 0 Å². The molecule has 2 aromatic rings. The highest BCUT2D eigenvalue weighted by Gasteiger charge is 2.43. The number of amides is 3. The summed E-state index contributed by atoms with van der Waals surface area (Å²) in [7, 11) is -4.14. The molecule has 4 rings (SSSR count). The Bertz CT molecular complexity index is 1240. The molecular formula is C26H31N3O5S. The van der Waals surface area contributed by atoms with Crippen LogP contribution in [0.15, 0.2) is 53.4 Å². The molecule has 35 heavy (non-hydrogen) atoms. The number of rotatable bonds is 8. The Labute approximate surface area is 206 Å². The smallest absolute Gasteiger partial charge is 0.269 e. The van der Waals surface area contributed by atoms with Gasteiger partial charge in [0.2, 0.25) is 11.8 Å². The zero-order valence-corrected chi connectivity index (χ0v) is 20.9. The first kappa shape index (κ1) is 24.9. The molecule has 0 unspecified atom stereocenters. The summed E-state index contributed by atoms with van der Waals surface area (Å²) in [5, 5.41) is 3.07. The van der Waals surface area contributed by atoms with Crippen LogP contribution in [-0.4, -0.2) is 54.0 Å². The lowest BCUT2D eigenvalue weighted by atomic mass is 10.1. The normalized spacial score (nSPS) is 17.8. The molecule has 1 aliphatic heterocycles. The summed E-state index contributed by atoms with van der Waals surface area (Å²) in [6.07, 6.45) is 4.29. The summed E-state index contributed by atoms with van der Waals surface area (Å²) in [4.78, 5) is 41.1. The van der Waals surface area contributed by atoms with Crippen molar-refractivity contribution in [2.24, 2.45) is 0 Å². The minimum absolute atomic E-state index is 0.0526. The van der Waals surface area contributed by atoms with Crippen molar-refractivity contribution >= 4 is 27.7 Å². The largest absolute Gasteiger partial charge is 0.352 e. The van der Waals surface area contributed by atoms with E-state index >= 15 is 0 Å². The Morgan fingerprint density at radius 3 is 2.40 bits per heavy atom. The van der Waals surface area contributed by atoms with Crippen LogP contribution in [0.25, 0.3) is 0 Å². The molecule has 1 aliphatic carbocycles. The molecule has 8 nitrogen and oxygen atoms in total. The highest BCUT2D eigenvalue weighted by molar-refractivity contribution is 7.90. The summed E-state index contributed by atoms with van der Waals surface area (Å²) in [5.41, 5.74) is 1.86. The molecule has 9 heteroatoms. The Kier molecular flexibility index (Phi) is 7.25. The fraction of sp³-hybridized carbons (Fsp3) is 0.423. The molecule has 2 aliphatic rings. The van der Waals surface area contributed by atoms with E-state index in [0.29, 0.717) is 10.7 Å². The first-order valence-corrected chi connectivity index (χ1v) is 13.5. The quantitative estimate of drug-likeness (QED) is 0.604. The molecule has 2 aromatic carbocycles. The number of nitrogens with zero attached hydrogens (tertiary/aromatic N) is 2. The van der Waals surface area contributed by atoms with Gasteiger partial charge in [-0.05, 0) is 49.4 Å². The topological polar surface area (TPSA) is 104 Å². The van der Waals surface area contributed by atoms with Gasteiger partial charge in [-0.1, -0.05) is 56.2 Å². The molecule has 3 amide bonds. The Morgan fingerprint density at radius 2 is 1.74 bits per heavy atom. The third kappa shape index (κ3) is 4.96. The van der Waals surface area contributed by atoms with Gasteiger partial charge in [0, 0.05) is 12.6 Å². The van der Waals surface area contributed by atoms with Crippen molar-refractivity contribution in [1.29, 1.82) is 0 Å². The Balaban J connectivity index is 1.62. The maximum absolute atomic E-state index is 13.6. The van der Waals surface area contributed by atoms with Crippen LogP contribution in [0, 0.1) is 6.92 Å². The predicted molar refractivity (Wildman–Crippen MR) is 131 cm³/mol. The third-order valence-electron chi connectivity index (χ3n) is 6.88. The number of nitrogens with one attached hydrogen (secondary N) is 1. The van der Waals surface area contributed by atoms with Crippen LogP contribution >= 0.6 is 0 Å². The number of aryl methyl sites for hydroxylation is 1. The van der Waals surface area contributed by atoms with Crippen molar-refractivity contribution in [3.05, 3.63) is 65.2 Å². The Hall–Kier alpha value is -3.20. The van der Waals surface area contributed by atoms with E-state index in [1.165, 1.54) is 17.0 Å². The standard InChI is InChI=1S/C26H31N3O5S/c1-3-22(25(31)27-20-12-6-7-13-20)28(16-19-11-5-4-10-18(19)2)24(30)17-29-26(32)21-14-8-9-15-23(21)35(29,33)34/h4-5,8-11,14-15,20,22H,3,6-7,12-13,16-17H2,1-2H3,(H,27,31)/t22-/m1/s1. The molecule has 1 N–H and O–H groups in total. The van der Waals surface area contributed by atoms with Crippen LogP contribution in [0.3, 0.4) is 0 Å². The summed E-state index contributed by atoms with van der Waals surface area (Å²) in [5.74, 6) is -1.57. The predicted octanol–water partition coefficient (Wildman–Crippen LogP) is 3.01. The molecular weight excluding hydrogens is 466 g/mol. The highest BCUT2D eigenvalue weighted by atomic mass is 32.2. The zero-order valence-electron chi connectivity index (χ0n) is 20.1. The van der Waals surface area contributed by atoms with E-state index in [4.69, 9.17) is 0 Å². The molecule has 186 valence electrons. The molecule has 1 heterocycles. The van der Waals surface area contributed by atoms with Crippen LogP contribution in [0.5, 0.6) is 0 Å². The fourth-order valence-electron chi connectivity index (χ4n) is 4.86. The minimum atomic E-state index is -4.14. The maximum atomic E-state index is 13.6. The van der Waals surface area contributed by atoms with Gasteiger partial charge < -0.3 is 10.2 Å².